The van der Waals surface area contributed by atoms with Crippen LogP contribution in [0, 0.1) is 29.1 Å². The lowest BCUT2D eigenvalue weighted by molar-refractivity contribution is -0.145. The molecule has 2 heterocycles. The van der Waals surface area contributed by atoms with Gasteiger partial charge in [-0.15, -0.1) is 0 Å². The molecule has 3 aliphatic rings. The molecule has 2 aromatic rings. The van der Waals surface area contributed by atoms with Gasteiger partial charge in [0.2, 0.25) is 5.91 Å². The van der Waals surface area contributed by atoms with Crippen LogP contribution in [0.2, 0.25) is 0 Å². The zero-order valence-corrected chi connectivity index (χ0v) is 20.1. The molecule has 5 rings (SSSR count). The maximum atomic E-state index is 14.0. The predicted molar refractivity (Wildman–Crippen MR) is 133 cm³/mol. The predicted octanol–water partition coefficient (Wildman–Crippen LogP) is 5.75. The monoisotopic (exact) mass is 444 g/mol. The number of benzene rings is 1. The summed E-state index contributed by atoms with van der Waals surface area (Å²) in [6, 6.07) is 8.25. The molecule has 6 atom stereocenters. The van der Waals surface area contributed by atoms with Crippen molar-refractivity contribution in [3.63, 3.8) is 0 Å². The quantitative estimate of drug-likeness (QED) is 0.458. The third-order valence-electron chi connectivity index (χ3n) is 8.69. The summed E-state index contributed by atoms with van der Waals surface area (Å²) in [5.41, 5.74) is 2.62. The summed E-state index contributed by atoms with van der Waals surface area (Å²) in [4.78, 5) is 31.2. The number of H-pyrrole nitrogens is 1. The molecule has 2 aliphatic carbocycles. The maximum Gasteiger partial charge on any atom is 0.235 e. The van der Waals surface area contributed by atoms with E-state index in [9.17, 15) is 9.59 Å². The summed E-state index contributed by atoms with van der Waals surface area (Å²) in [7, 11) is 0. The van der Waals surface area contributed by atoms with Crippen molar-refractivity contribution in [3.8, 4) is 0 Å². The molecule has 1 spiro atoms. The summed E-state index contributed by atoms with van der Waals surface area (Å²) in [6.07, 6.45) is 14.0. The Bertz CT molecular complexity index is 1130. The van der Waals surface area contributed by atoms with Gasteiger partial charge < -0.3 is 10.3 Å². The first-order chi connectivity index (χ1) is 15.9. The molecule has 1 aromatic heterocycles. The second kappa shape index (κ2) is 8.62. The third-order valence-corrected chi connectivity index (χ3v) is 8.69. The van der Waals surface area contributed by atoms with Crippen molar-refractivity contribution < 1.29 is 9.59 Å². The number of carbonyl (C=O) groups is 2. The van der Waals surface area contributed by atoms with Gasteiger partial charge >= 0.3 is 0 Å². The van der Waals surface area contributed by atoms with Crippen molar-refractivity contribution >= 4 is 22.6 Å². The summed E-state index contributed by atoms with van der Waals surface area (Å²) >= 11 is 0. The van der Waals surface area contributed by atoms with Crippen molar-refractivity contribution in [2.75, 3.05) is 0 Å². The number of hydrogen-bond donors (Lipinski definition) is 2. The standard InChI is InChI=1S/C29H36N2O2/c1-18-9-4-7-14-26(32)29-22(11-8-10-18)15-19(2)20(3)27(29)25(31-28(29)33)16-21-17-30-24-13-6-5-12-23(21)24/h5-6,8,11-13,15,17-18,20,22,25,27,30H,4,7,9-10,14,16H2,1-3H3,(H,31,33)/b11-8+/t18-,20-,22+,25+,27+,29-/m1/s1. The molecule has 0 bridgehead atoms. The van der Waals surface area contributed by atoms with Crippen LogP contribution in [0.4, 0.5) is 0 Å². The fourth-order valence-corrected chi connectivity index (χ4v) is 6.79. The number of hydrogen-bond acceptors (Lipinski definition) is 2. The first-order valence-corrected chi connectivity index (χ1v) is 12.7. The number of amides is 1. The average Bonchev–Trinajstić information content (AvgIpc) is 3.33. The molecule has 1 saturated heterocycles. The highest BCUT2D eigenvalue weighted by Crippen LogP contribution is 2.55. The normalized spacial score (nSPS) is 35.8. The van der Waals surface area contributed by atoms with E-state index >= 15 is 0 Å². The number of aromatic amines is 1. The molecule has 1 amide bonds. The first-order valence-electron chi connectivity index (χ1n) is 12.7. The third kappa shape index (κ3) is 3.59. The molecule has 0 radical (unpaired) electrons. The zero-order valence-electron chi connectivity index (χ0n) is 20.1. The van der Waals surface area contributed by atoms with E-state index in [2.05, 4.69) is 73.7 Å². The van der Waals surface area contributed by atoms with Crippen LogP contribution in [0.1, 0.15) is 58.4 Å². The van der Waals surface area contributed by atoms with Crippen LogP contribution >= 0.6 is 0 Å². The highest BCUT2D eigenvalue weighted by Gasteiger charge is 2.64. The van der Waals surface area contributed by atoms with Crippen LogP contribution < -0.4 is 5.32 Å². The Morgan fingerprint density at radius 2 is 1.94 bits per heavy atom. The van der Waals surface area contributed by atoms with Crippen LogP contribution in [0.5, 0.6) is 0 Å². The number of rotatable bonds is 2. The van der Waals surface area contributed by atoms with Gasteiger partial charge in [-0.25, -0.2) is 0 Å². The summed E-state index contributed by atoms with van der Waals surface area (Å²) in [5.74, 6) is 0.678. The number of Topliss-reactive ketones (excluding diaryl/α,β-unsaturated/α-hetero) is 1. The molecular weight excluding hydrogens is 408 g/mol. The Labute approximate surface area is 196 Å². The van der Waals surface area contributed by atoms with Gasteiger partial charge in [-0.1, -0.05) is 68.7 Å². The first kappa shape index (κ1) is 22.2. The fourth-order valence-electron chi connectivity index (χ4n) is 6.79. The van der Waals surface area contributed by atoms with Crippen LogP contribution in [0.15, 0.2) is 54.3 Å². The fraction of sp³-hybridized carbons (Fsp3) is 0.517. The van der Waals surface area contributed by atoms with Crippen molar-refractivity contribution in [3.05, 3.63) is 59.8 Å². The van der Waals surface area contributed by atoms with Gasteiger partial charge in [-0.05, 0) is 49.7 Å². The highest BCUT2D eigenvalue weighted by atomic mass is 16.2. The number of para-hydroxylation sites is 1. The largest absolute Gasteiger partial charge is 0.361 e. The van der Waals surface area contributed by atoms with E-state index in [0.29, 0.717) is 12.3 Å². The van der Waals surface area contributed by atoms with E-state index < -0.39 is 5.41 Å². The topological polar surface area (TPSA) is 62.0 Å². The average molecular weight is 445 g/mol. The molecule has 4 heteroatoms. The Morgan fingerprint density at radius 1 is 1.12 bits per heavy atom. The Kier molecular flexibility index (Phi) is 5.80. The number of allylic oxidation sites excluding steroid dienone is 4. The Hall–Kier alpha value is -2.62. The molecule has 1 fully saturated rings. The lowest BCUT2D eigenvalue weighted by Crippen LogP contribution is -2.52. The van der Waals surface area contributed by atoms with Crippen molar-refractivity contribution in [1.82, 2.24) is 10.3 Å². The highest BCUT2D eigenvalue weighted by molar-refractivity contribution is 6.09. The van der Waals surface area contributed by atoms with E-state index in [1.807, 2.05) is 6.07 Å². The summed E-state index contributed by atoms with van der Waals surface area (Å²) < 4.78 is 0. The van der Waals surface area contributed by atoms with Gasteiger partial charge in [-0.2, -0.15) is 0 Å². The lowest BCUT2D eigenvalue weighted by atomic mass is 9.54. The van der Waals surface area contributed by atoms with Crippen LogP contribution in [0.3, 0.4) is 0 Å². The van der Waals surface area contributed by atoms with E-state index in [0.717, 1.165) is 37.6 Å². The number of aromatic nitrogens is 1. The molecule has 2 N–H and O–H groups in total. The SMILES string of the molecule is CC1=C[C@@H]2/C=C/C[C@H](C)CCCCC(=O)[C@]23C(=O)N[C@@H](Cc2c[nH]c4ccccc24)[C@@H]3[C@@H]1C. The molecule has 33 heavy (non-hydrogen) atoms. The van der Waals surface area contributed by atoms with Gasteiger partial charge in [0.1, 0.15) is 11.2 Å². The van der Waals surface area contributed by atoms with E-state index in [-0.39, 0.29) is 35.5 Å². The van der Waals surface area contributed by atoms with E-state index in [1.165, 1.54) is 16.5 Å². The molecule has 0 unspecified atom stereocenters. The van der Waals surface area contributed by atoms with Gasteiger partial charge in [0.25, 0.3) is 0 Å². The minimum atomic E-state index is -0.986. The Balaban J connectivity index is 1.58. The molecular formula is C29H36N2O2. The molecule has 1 aliphatic heterocycles. The minimum absolute atomic E-state index is 0.0380. The van der Waals surface area contributed by atoms with Crippen molar-refractivity contribution in [2.24, 2.45) is 29.1 Å². The molecule has 1 aromatic carbocycles. The smallest absolute Gasteiger partial charge is 0.235 e. The number of carbonyl (C=O) groups excluding carboxylic acids is 2. The van der Waals surface area contributed by atoms with Crippen LogP contribution in [-0.4, -0.2) is 22.7 Å². The van der Waals surface area contributed by atoms with Gasteiger partial charge in [0.05, 0.1) is 0 Å². The van der Waals surface area contributed by atoms with E-state index in [1.54, 1.807) is 0 Å². The number of ketones is 1. The lowest BCUT2D eigenvalue weighted by Gasteiger charge is -2.44. The molecule has 174 valence electrons. The molecule has 4 nitrogen and oxygen atoms in total. The minimum Gasteiger partial charge on any atom is -0.361 e. The second-order valence-electron chi connectivity index (χ2n) is 10.7. The summed E-state index contributed by atoms with van der Waals surface area (Å²) in [6.45, 7) is 6.67. The Morgan fingerprint density at radius 3 is 2.79 bits per heavy atom. The van der Waals surface area contributed by atoms with Crippen molar-refractivity contribution in [2.45, 2.75) is 65.3 Å². The van der Waals surface area contributed by atoms with Gasteiger partial charge in [-0.3, -0.25) is 9.59 Å². The zero-order chi connectivity index (χ0) is 23.2. The van der Waals surface area contributed by atoms with E-state index in [4.69, 9.17) is 0 Å². The second-order valence-corrected chi connectivity index (χ2v) is 10.7. The van der Waals surface area contributed by atoms with Crippen LogP contribution in [-0.2, 0) is 16.0 Å². The maximum absolute atomic E-state index is 14.0. The number of fused-ring (bicyclic) bond motifs is 1. The molecule has 0 saturated carbocycles. The van der Waals surface area contributed by atoms with Gasteiger partial charge in [0.15, 0.2) is 0 Å². The number of nitrogens with one attached hydrogen (secondary N) is 2. The van der Waals surface area contributed by atoms with Crippen molar-refractivity contribution in [1.29, 1.82) is 0 Å². The summed E-state index contributed by atoms with van der Waals surface area (Å²) in [5, 5.41) is 4.53. The van der Waals surface area contributed by atoms with Crippen LogP contribution in [0.25, 0.3) is 10.9 Å². The van der Waals surface area contributed by atoms with Gasteiger partial charge in [0, 0.05) is 41.4 Å².